The first-order valence-electron chi connectivity index (χ1n) is 15.8. The maximum Gasteiger partial charge on any atom is 0.234 e. The van der Waals surface area contributed by atoms with Crippen molar-refractivity contribution in [1.82, 2.24) is 24.7 Å². The fourth-order valence-electron chi connectivity index (χ4n) is 5.77. The van der Waals surface area contributed by atoms with Gasteiger partial charge in [0, 0.05) is 46.4 Å². The maximum atomic E-state index is 13.5. The molecule has 0 saturated heterocycles. The van der Waals surface area contributed by atoms with Gasteiger partial charge in [-0.15, -0.1) is 0 Å². The molecule has 45 heavy (non-hydrogen) atoms. The van der Waals surface area contributed by atoms with E-state index in [9.17, 15) is 8.42 Å². The summed E-state index contributed by atoms with van der Waals surface area (Å²) in [5, 5.41) is 5.96. The van der Waals surface area contributed by atoms with Crippen molar-refractivity contribution in [2.75, 3.05) is 23.2 Å². The third-order valence-corrected chi connectivity index (χ3v) is 14.0. The molecule has 0 unspecified atom stereocenters. The van der Waals surface area contributed by atoms with Gasteiger partial charge in [0.15, 0.2) is 5.82 Å². The molecule has 0 atom stereocenters. The molecule has 12 heteroatoms. The minimum Gasteiger partial charge on any atom is -0.360 e. The number of nitrogens with one attached hydrogen (secondary N) is 1. The van der Waals surface area contributed by atoms with E-state index in [4.69, 9.17) is 14.8 Å². The fourth-order valence-corrected chi connectivity index (χ4v) is 11.1. The summed E-state index contributed by atoms with van der Waals surface area (Å²) in [6, 6.07) is 16.1. The average Bonchev–Trinajstić information content (AvgIpc) is 3.58. The summed E-state index contributed by atoms with van der Waals surface area (Å²) in [4.78, 5) is 12.9. The van der Waals surface area contributed by atoms with E-state index in [1.807, 2.05) is 35.1 Å². The van der Waals surface area contributed by atoms with Gasteiger partial charge in [-0.1, -0.05) is 57.5 Å². The molecule has 0 amide bonds. The molecule has 1 aliphatic heterocycles. The quantitative estimate of drug-likeness (QED) is 0.117. The van der Waals surface area contributed by atoms with E-state index in [0.717, 1.165) is 69.3 Å². The van der Waals surface area contributed by atoms with E-state index in [-0.39, 0.29) is 5.75 Å². The zero-order valence-electron chi connectivity index (χ0n) is 27.2. The van der Waals surface area contributed by atoms with Crippen LogP contribution in [-0.2, 0) is 27.9 Å². The molecule has 238 valence electrons. The van der Waals surface area contributed by atoms with Crippen LogP contribution in [0.3, 0.4) is 0 Å². The Morgan fingerprint density at radius 3 is 2.51 bits per heavy atom. The zero-order valence-corrected chi connectivity index (χ0v) is 30.0. The number of benzene rings is 2. The van der Waals surface area contributed by atoms with E-state index >= 15 is 0 Å². The number of hydrogen-bond donors (Lipinski definition) is 1. The molecule has 1 N–H and O–H groups in total. The smallest absolute Gasteiger partial charge is 0.234 e. The molecular weight excluding hydrogens is 617 g/mol. The largest absolute Gasteiger partial charge is 0.360 e. The number of anilines is 1. The Bertz CT molecular complexity index is 1920. The summed E-state index contributed by atoms with van der Waals surface area (Å²) in [6.07, 6.45) is 5.16. The molecule has 0 fully saturated rings. The molecule has 0 radical (unpaired) electrons. The number of rotatable bonds is 11. The summed E-state index contributed by atoms with van der Waals surface area (Å²) in [6.45, 7) is 15.2. The van der Waals surface area contributed by atoms with Gasteiger partial charge in [-0.2, -0.15) is 5.10 Å². The van der Waals surface area contributed by atoms with E-state index in [1.54, 1.807) is 10.5 Å². The van der Waals surface area contributed by atoms with E-state index in [1.165, 1.54) is 0 Å². The molecule has 0 bridgehead atoms. The highest BCUT2D eigenvalue weighted by Gasteiger charge is 2.31. The normalized spacial score (nSPS) is 14.4. The summed E-state index contributed by atoms with van der Waals surface area (Å²) >= 11 is 0. The molecule has 0 aliphatic carbocycles. The van der Waals surface area contributed by atoms with Gasteiger partial charge >= 0.3 is 0 Å². The lowest BCUT2D eigenvalue weighted by molar-refractivity contribution is 0.0818. The second-order valence-corrected chi connectivity index (χ2v) is 27.8. The highest BCUT2D eigenvalue weighted by atomic mass is 32.2. The number of para-hydroxylation sites is 2. The molecule has 0 spiro atoms. The van der Waals surface area contributed by atoms with Crippen LogP contribution in [0.2, 0.25) is 51.4 Å². The predicted octanol–water partition coefficient (Wildman–Crippen LogP) is 7.37. The Kier molecular flexibility index (Phi) is 8.53. The van der Waals surface area contributed by atoms with Crippen molar-refractivity contribution in [2.24, 2.45) is 0 Å². The van der Waals surface area contributed by atoms with E-state index < -0.39 is 26.2 Å². The first-order chi connectivity index (χ1) is 21.3. The van der Waals surface area contributed by atoms with Crippen LogP contribution >= 0.6 is 0 Å². The number of H-pyrrole nitrogens is 1. The van der Waals surface area contributed by atoms with Crippen molar-refractivity contribution in [2.45, 2.75) is 70.9 Å². The Morgan fingerprint density at radius 1 is 0.978 bits per heavy atom. The van der Waals surface area contributed by atoms with E-state index in [0.29, 0.717) is 31.4 Å². The van der Waals surface area contributed by atoms with Gasteiger partial charge in [-0.05, 0) is 60.3 Å². The standard InChI is InChI=1S/C33H44N6O3SSi2/c1-44(2,3)18-16-42-23-38-30-14-13-24(20-26(30)32(37-38)33-35-28-11-7-8-12-29(28)36-33)27-21-34-22-31-25(27)10-9-15-39(31)43(40,41)17-19-45(4,5)6/h7-8,11-14,20-22H,9-10,15-19,23H2,1-6H3,(H,35,36). The Balaban J connectivity index is 1.40. The van der Waals surface area contributed by atoms with Crippen molar-refractivity contribution in [3.8, 4) is 22.6 Å². The van der Waals surface area contributed by atoms with Crippen LogP contribution in [0.15, 0.2) is 54.9 Å². The molecule has 5 aromatic rings. The lowest BCUT2D eigenvalue weighted by Gasteiger charge is -2.32. The number of aromatic amines is 1. The van der Waals surface area contributed by atoms with Crippen molar-refractivity contribution < 1.29 is 13.2 Å². The minimum atomic E-state index is -3.45. The maximum absolute atomic E-state index is 13.5. The van der Waals surface area contributed by atoms with Crippen LogP contribution in [0, 0.1) is 0 Å². The average molecular weight is 661 g/mol. The molecule has 6 rings (SSSR count). The van der Waals surface area contributed by atoms with Gasteiger partial charge in [0.25, 0.3) is 0 Å². The molecule has 1 aliphatic rings. The number of ether oxygens (including phenoxy) is 1. The lowest BCUT2D eigenvalue weighted by atomic mass is 9.94. The second kappa shape index (κ2) is 12.1. The Morgan fingerprint density at radius 2 is 1.76 bits per heavy atom. The lowest BCUT2D eigenvalue weighted by Crippen LogP contribution is -2.39. The van der Waals surface area contributed by atoms with Gasteiger partial charge in [-0.3, -0.25) is 9.29 Å². The summed E-state index contributed by atoms with van der Waals surface area (Å²) in [5.41, 5.74) is 7.21. The minimum absolute atomic E-state index is 0.179. The van der Waals surface area contributed by atoms with Gasteiger partial charge in [0.05, 0.1) is 34.2 Å². The van der Waals surface area contributed by atoms with Crippen molar-refractivity contribution in [3.05, 3.63) is 60.4 Å². The predicted molar refractivity (Wildman–Crippen MR) is 190 cm³/mol. The van der Waals surface area contributed by atoms with Crippen LogP contribution < -0.4 is 4.31 Å². The number of fused-ring (bicyclic) bond motifs is 3. The molecule has 0 saturated carbocycles. The third kappa shape index (κ3) is 6.93. The zero-order chi connectivity index (χ0) is 32.0. The van der Waals surface area contributed by atoms with Crippen molar-refractivity contribution >= 4 is 53.8 Å². The number of aromatic nitrogens is 5. The summed E-state index contributed by atoms with van der Waals surface area (Å²) in [7, 11) is -6.18. The number of hydrogen-bond acceptors (Lipinski definition) is 6. The number of nitrogens with zero attached hydrogens (tertiary/aromatic N) is 5. The number of sulfonamides is 1. The monoisotopic (exact) mass is 660 g/mol. The number of imidazole rings is 1. The van der Waals surface area contributed by atoms with Crippen LogP contribution in [0.25, 0.3) is 44.6 Å². The van der Waals surface area contributed by atoms with Crippen molar-refractivity contribution in [1.29, 1.82) is 0 Å². The molecular formula is C33H44N6O3SSi2. The third-order valence-electron chi connectivity index (χ3n) is 8.42. The molecule has 3 aromatic heterocycles. The topological polar surface area (TPSA) is 106 Å². The molecule has 9 nitrogen and oxygen atoms in total. The van der Waals surface area contributed by atoms with Gasteiger partial charge < -0.3 is 9.72 Å². The summed E-state index contributed by atoms with van der Waals surface area (Å²) in [5.74, 6) is 0.880. The number of pyridine rings is 1. The SMILES string of the molecule is C[Si](C)(C)CCOCn1nc(-c2nc3ccccc3[nH]2)c2cc(-c3cncc4c3CCCN4S(=O)(=O)CC[Si](C)(C)C)ccc21. The van der Waals surface area contributed by atoms with Crippen molar-refractivity contribution in [3.63, 3.8) is 0 Å². The van der Waals surface area contributed by atoms with E-state index in [2.05, 4.69) is 67.4 Å². The highest BCUT2D eigenvalue weighted by molar-refractivity contribution is 7.92. The second-order valence-electron chi connectivity index (χ2n) is 14.5. The highest BCUT2D eigenvalue weighted by Crippen LogP contribution is 2.38. The molecule has 4 heterocycles. The first-order valence-corrected chi connectivity index (χ1v) is 24.8. The van der Waals surface area contributed by atoms with Crippen LogP contribution in [0.4, 0.5) is 5.69 Å². The van der Waals surface area contributed by atoms with Gasteiger partial charge in [0.1, 0.15) is 12.4 Å². The molecule has 2 aromatic carbocycles. The van der Waals surface area contributed by atoms with Gasteiger partial charge in [-0.25, -0.2) is 18.1 Å². The Hall–Kier alpha value is -3.33. The van der Waals surface area contributed by atoms with Crippen LogP contribution in [-0.4, -0.2) is 68.2 Å². The van der Waals surface area contributed by atoms with Crippen LogP contribution in [0.5, 0.6) is 0 Å². The van der Waals surface area contributed by atoms with Gasteiger partial charge in [0.2, 0.25) is 10.0 Å². The summed E-state index contributed by atoms with van der Waals surface area (Å²) < 4.78 is 36.7. The van der Waals surface area contributed by atoms with Crippen LogP contribution in [0.1, 0.15) is 12.0 Å². The fraction of sp³-hybridized carbons (Fsp3) is 0.424. The first kappa shape index (κ1) is 31.6. The Labute approximate surface area is 268 Å².